The molecule has 1 heterocycles. The Balaban J connectivity index is 3.35. The summed E-state index contributed by atoms with van der Waals surface area (Å²) in [4.78, 5) is 14.0. The molecule has 0 amide bonds. The minimum Gasteiger partial charge on any atom is -0.326 e. The van der Waals surface area contributed by atoms with Gasteiger partial charge in [0.05, 0.1) is 0 Å². The number of carbonyl (C=O) groups excluding carboxylic acids is 1. The Morgan fingerprint density at radius 1 is 1.64 bits per heavy atom. The van der Waals surface area contributed by atoms with Crippen LogP contribution in [0.2, 0.25) is 0 Å². The van der Waals surface area contributed by atoms with Crippen molar-refractivity contribution in [1.29, 1.82) is 0 Å². The highest BCUT2D eigenvalue weighted by Gasteiger charge is 2.18. The van der Waals surface area contributed by atoms with Crippen molar-refractivity contribution in [3.63, 3.8) is 0 Å². The zero-order valence-electron chi connectivity index (χ0n) is 7.01. The van der Waals surface area contributed by atoms with Crippen LogP contribution in [0.15, 0.2) is 6.20 Å². The summed E-state index contributed by atoms with van der Waals surface area (Å²) in [6.45, 7) is -0.0490. The second kappa shape index (κ2) is 4.74. The number of nitrogens with two attached hydrogens (primary N) is 1. The Morgan fingerprint density at radius 3 is 2.71 bits per heavy atom. The fourth-order valence-electron chi connectivity index (χ4n) is 1.02. The van der Waals surface area contributed by atoms with Crippen LogP contribution in [0.25, 0.3) is 0 Å². The van der Waals surface area contributed by atoms with Crippen LogP contribution in [0.4, 0.5) is 8.78 Å². The van der Waals surface area contributed by atoms with Crippen molar-refractivity contribution < 1.29 is 13.6 Å². The van der Waals surface area contributed by atoms with Gasteiger partial charge in [0.2, 0.25) is 0 Å². The van der Waals surface area contributed by atoms with Gasteiger partial charge in [-0.25, -0.2) is 8.78 Å². The third-order valence-corrected chi connectivity index (χ3v) is 2.98. The van der Waals surface area contributed by atoms with Crippen molar-refractivity contribution in [1.82, 2.24) is 4.98 Å². The Hall–Kier alpha value is -0.630. The molecule has 0 saturated heterocycles. The van der Waals surface area contributed by atoms with Gasteiger partial charge in [0.15, 0.2) is 6.29 Å². The highest BCUT2D eigenvalue weighted by atomic mass is 127. The molecule has 0 fully saturated rings. The van der Waals surface area contributed by atoms with Gasteiger partial charge in [0, 0.05) is 27.4 Å². The van der Waals surface area contributed by atoms with Crippen molar-refractivity contribution in [3.8, 4) is 0 Å². The first-order valence-corrected chi connectivity index (χ1v) is 4.80. The standard InChI is InChI=1S/C8H7F2IN2O/c9-8(10)7-5(1-12)6(11)4(3-14)2-13-7/h2-3,8H,1,12H2. The molecule has 3 nitrogen and oxygen atoms in total. The molecule has 2 N–H and O–H groups in total. The number of alkyl halides is 2. The first kappa shape index (κ1) is 11.4. The predicted octanol–water partition coefficient (Wildman–Crippen LogP) is 1.90. The van der Waals surface area contributed by atoms with Crippen LogP contribution < -0.4 is 5.73 Å². The lowest BCUT2D eigenvalue weighted by atomic mass is 10.1. The summed E-state index contributed by atoms with van der Waals surface area (Å²) < 4.78 is 25.3. The summed E-state index contributed by atoms with van der Waals surface area (Å²) in [5.74, 6) is 0. The summed E-state index contributed by atoms with van der Waals surface area (Å²) in [5.41, 5.74) is 5.50. The summed E-state index contributed by atoms with van der Waals surface area (Å²) >= 11 is 1.82. The van der Waals surface area contributed by atoms with Crippen LogP contribution in [0, 0.1) is 3.57 Å². The van der Waals surface area contributed by atoms with E-state index in [1.165, 1.54) is 0 Å². The molecular formula is C8H7F2IN2O. The van der Waals surface area contributed by atoms with Gasteiger partial charge in [-0.3, -0.25) is 9.78 Å². The molecule has 0 unspecified atom stereocenters. The maximum absolute atomic E-state index is 12.4. The lowest BCUT2D eigenvalue weighted by molar-refractivity contribution is 0.112. The molecule has 0 aliphatic carbocycles. The molecule has 1 rings (SSSR count). The molecule has 0 saturated carbocycles. The topological polar surface area (TPSA) is 56.0 Å². The van der Waals surface area contributed by atoms with E-state index in [0.717, 1.165) is 6.20 Å². The van der Waals surface area contributed by atoms with E-state index in [9.17, 15) is 13.6 Å². The Kier molecular flexibility index (Phi) is 3.87. The lowest BCUT2D eigenvalue weighted by Crippen LogP contribution is -2.09. The van der Waals surface area contributed by atoms with Gasteiger partial charge in [0.25, 0.3) is 6.43 Å². The molecule has 0 atom stereocenters. The van der Waals surface area contributed by atoms with Crippen molar-refractivity contribution in [2.75, 3.05) is 0 Å². The van der Waals surface area contributed by atoms with Gasteiger partial charge in [-0.15, -0.1) is 0 Å². The van der Waals surface area contributed by atoms with Crippen LogP contribution in [-0.4, -0.2) is 11.3 Å². The molecule has 0 radical (unpaired) electrons. The van der Waals surface area contributed by atoms with Crippen molar-refractivity contribution in [3.05, 3.63) is 26.6 Å². The van der Waals surface area contributed by atoms with Crippen molar-refractivity contribution in [2.45, 2.75) is 13.0 Å². The zero-order chi connectivity index (χ0) is 10.7. The average Bonchev–Trinajstić information content (AvgIpc) is 2.17. The van der Waals surface area contributed by atoms with E-state index < -0.39 is 6.43 Å². The first-order valence-electron chi connectivity index (χ1n) is 3.72. The van der Waals surface area contributed by atoms with Gasteiger partial charge < -0.3 is 5.73 Å². The van der Waals surface area contributed by atoms with E-state index in [1.54, 1.807) is 0 Å². The van der Waals surface area contributed by atoms with Gasteiger partial charge in [0.1, 0.15) is 5.69 Å². The third kappa shape index (κ3) is 2.06. The summed E-state index contributed by atoms with van der Waals surface area (Å²) in [6.07, 6.45) is -0.957. The number of aldehydes is 1. The minimum atomic E-state index is -2.66. The van der Waals surface area contributed by atoms with Crippen molar-refractivity contribution in [2.24, 2.45) is 5.73 Å². The quantitative estimate of drug-likeness (QED) is 0.685. The van der Waals surface area contributed by atoms with Gasteiger partial charge in [-0.1, -0.05) is 0 Å². The van der Waals surface area contributed by atoms with E-state index in [-0.39, 0.29) is 23.4 Å². The molecular weight excluding hydrogens is 305 g/mol. The number of pyridine rings is 1. The Labute approximate surface area is 92.8 Å². The van der Waals surface area contributed by atoms with Crippen molar-refractivity contribution >= 4 is 28.9 Å². The third-order valence-electron chi connectivity index (χ3n) is 1.71. The molecule has 6 heteroatoms. The predicted molar refractivity (Wildman–Crippen MR) is 55.2 cm³/mol. The lowest BCUT2D eigenvalue weighted by Gasteiger charge is -2.09. The molecule has 0 aliphatic heterocycles. The van der Waals surface area contributed by atoms with E-state index in [2.05, 4.69) is 4.98 Å². The summed E-state index contributed by atoms with van der Waals surface area (Å²) in [6, 6.07) is 0. The number of aromatic nitrogens is 1. The SMILES string of the molecule is NCc1c(C(F)F)ncc(C=O)c1I. The number of halogens is 3. The molecule has 76 valence electrons. The molecule has 0 aromatic carbocycles. The normalized spacial score (nSPS) is 10.6. The Bertz CT molecular complexity index is 357. The second-order valence-corrected chi connectivity index (χ2v) is 3.59. The van der Waals surface area contributed by atoms with E-state index in [4.69, 9.17) is 5.73 Å². The summed E-state index contributed by atoms with van der Waals surface area (Å²) in [7, 11) is 0. The molecule has 0 spiro atoms. The van der Waals surface area contributed by atoms with Crippen LogP contribution in [0.5, 0.6) is 0 Å². The van der Waals surface area contributed by atoms with Crippen LogP contribution in [0.3, 0.4) is 0 Å². The number of nitrogens with zero attached hydrogens (tertiary/aromatic N) is 1. The average molecular weight is 312 g/mol. The highest BCUT2D eigenvalue weighted by Crippen LogP contribution is 2.25. The maximum atomic E-state index is 12.4. The first-order chi connectivity index (χ1) is 6.61. The zero-order valence-corrected chi connectivity index (χ0v) is 9.16. The monoisotopic (exact) mass is 312 g/mol. The number of carbonyl (C=O) groups is 1. The number of hydrogen-bond acceptors (Lipinski definition) is 3. The Morgan fingerprint density at radius 2 is 2.29 bits per heavy atom. The molecule has 14 heavy (non-hydrogen) atoms. The van der Waals surface area contributed by atoms with Gasteiger partial charge >= 0.3 is 0 Å². The van der Waals surface area contributed by atoms with Crippen LogP contribution >= 0.6 is 22.6 Å². The number of hydrogen-bond donors (Lipinski definition) is 1. The van der Waals surface area contributed by atoms with Gasteiger partial charge in [-0.05, 0) is 22.6 Å². The largest absolute Gasteiger partial charge is 0.326 e. The number of rotatable bonds is 3. The minimum absolute atomic E-state index is 0.0490. The summed E-state index contributed by atoms with van der Waals surface area (Å²) in [5, 5.41) is 0. The van der Waals surface area contributed by atoms with Crippen LogP contribution in [0.1, 0.15) is 28.0 Å². The molecule has 1 aromatic rings. The fourth-order valence-corrected chi connectivity index (χ4v) is 1.79. The fraction of sp³-hybridized carbons (Fsp3) is 0.250. The molecule has 0 bridgehead atoms. The van der Waals surface area contributed by atoms with E-state index >= 15 is 0 Å². The molecule has 1 aromatic heterocycles. The highest BCUT2D eigenvalue weighted by molar-refractivity contribution is 14.1. The second-order valence-electron chi connectivity index (χ2n) is 2.51. The van der Waals surface area contributed by atoms with Crippen LogP contribution in [-0.2, 0) is 6.54 Å². The van der Waals surface area contributed by atoms with E-state index in [1.807, 2.05) is 22.6 Å². The van der Waals surface area contributed by atoms with E-state index in [0.29, 0.717) is 9.86 Å². The smallest absolute Gasteiger partial charge is 0.280 e. The molecule has 0 aliphatic rings. The van der Waals surface area contributed by atoms with Gasteiger partial charge in [-0.2, -0.15) is 0 Å². The maximum Gasteiger partial charge on any atom is 0.280 e.